The van der Waals surface area contributed by atoms with E-state index >= 15 is 0 Å². The van der Waals surface area contributed by atoms with E-state index in [4.69, 9.17) is 0 Å². The number of benzene rings is 1. The molecule has 144 valence electrons. The molecule has 0 aromatic heterocycles. The number of sulfonamides is 1. The molecule has 0 fully saturated rings. The molecule has 0 amide bonds. The molecule has 0 saturated heterocycles. The first-order chi connectivity index (χ1) is 11.4. The fraction of sp³-hybridized carbons (Fsp3) is 0.562. The summed E-state index contributed by atoms with van der Waals surface area (Å²) < 4.78 is 24.5. The fourth-order valence-electron chi connectivity index (χ4n) is 1.88. The van der Waals surface area contributed by atoms with Crippen molar-refractivity contribution in [2.24, 2.45) is 4.99 Å². The van der Waals surface area contributed by atoms with Crippen molar-refractivity contribution in [2.75, 3.05) is 32.4 Å². The maximum absolute atomic E-state index is 11.0. The van der Waals surface area contributed by atoms with Crippen molar-refractivity contribution >= 4 is 51.7 Å². The molecule has 0 radical (unpaired) electrons. The highest BCUT2D eigenvalue weighted by molar-refractivity contribution is 14.0. The van der Waals surface area contributed by atoms with Crippen LogP contribution in [0.5, 0.6) is 0 Å². The third kappa shape index (κ3) is 13.4. The Morgan fingerprint density at radius 3 is 2.48 bits per heavy atom. The summed E-state index contributed by atoms with van der Waals surface area (Å²) in [5, 5.41) is 6.79. The number of guanidine groups is 1. The average molecular weight is 500 g/mol. The summed E-state index contributed by atoms with van der Waals surface area (Å²) in [6.45, 7) is 6.75. The molecule has 0 aliphatic heterocycles. The van der Waals surface area contributed by atoms with E-state index in [0.717, 1.165) is 18.8 Å². The van der Waals surface area contributed by atoms with Gasteiger partial charge in [0.15, 0.2) is 5.96 Å². The van der Waals surface area contributed by atoms with Crippen molar-refractivity contribution < 1.29 is 8.42 Å². The van der Waals surface area contributed by atoms with Crippen LogP contribution in [0.3, 0.4) is 0 Å². The molecule has 1 aromatic carbocycles. The van der Waals surface area contributed by atoms with Crippen LogP contribution in [0.4, 0.5) is 0 Å². The fourth-order valence-corrected chi connectivity index (χ4v) is 3.33. The highest BCUT2D eigenvalue weighted by atomic mass is 127. The number of nitrogens with zero attached hydrogens (tertiary/aromatic N) is 1. The van der Waals surface area contributed by atoms with Gasteiger partial charge in [0.1, 0.15) is 0 Å². The molecular weight excluding hydrogens is 471 g/mol. The molecule has 25 heavy (non-hydrogen) atoms. The molecule has 1 unspecified atom stereocenters. The Bertz CT molecular complexity index is 597. The first-order valence-electron chi connectivity index (χ1n) is 8.09. The van der Waals surface area contributed by atoms with Crippen LogP contribution in [0, 0.1) is 0 Å². The molecule has 0 bridgehead atoms. The second-order valence-corrected chi connectivity index (χ2v) is 8.75. The molecule has 1 atom stereocenters. The zero-order chi connectivity index (χ0) is 17.8. The van der Waals surface area contributed by atoms with Gasteiger partial charge in [-0.25, -0.2) is 13.1 Å². The van der Waals surface area contributed by atoms with Crippen LogP contribution in [-0.2, 0) is 10.0 Å². The molecule has 0 saturated carbocycles. The van der Waals surface area contributed by atoms with Gasteiger partial charge in [0.25, 0.3) is 0 Å². The highest BCUT2D eigenvalue weighted by Crippen LogP contribution is 2.22. The summed E-state index contributed by atoms with van der Waals surface area (Å²) in [6, 6.07) is 10.3. The molecule has 0 aliphatic rings. The van der Waals surface area contributed by atoms with E-state index in [-0.39, 0.29) is 24.0 Å². The lowest BCUT2D eigenvalue weighted by Crippen LogP contribution is -2.39. The minimum Gasteiger partial charge on any atom is -0.357 e. The molecule has 0 heterocycles. The Kier molecular flexibility index (Phi) is 13.4. The number of thioether (sulfide) groups is 1. The van der Waals surface area contributed by atoms with E-state index in [2.05, 4.69) is 39.4 Å². The van der Waals surface area contributed by atoms with Crippen LogP contribution < -0.4 is 15.4 Å². The van der Waals surface area contributed by atoms with E-state index in [0.29, 0.717) is 31.3 Å². The number of hydrogen-bond donors (Lipinski definition) is 3. The van der Waals surface area contributed by atoms with E-state index in [1.165, 1.54) is 4.90 Å². The second kappa shape index (κ2) is 13.7. The smallest absolute Gasteiger partial charge is 0.208 e. The van der Waals surface area contributed by atoms with E-state index in [1.807, 2.05) is 25.1 Å². The van der Waals surface area contributed by atoms with Crippen LogP contribution in [0.2, 0.25) is 0 Å². The molecule has 9 heteroatoms. The lowest BCUT2D eigenvalue weighted by Gasteiger charge is -2.13. The van der Waals surface area contributed by atoms with Crippen LogP contribution in [0.15, 0.2) is 40.2 Å². The van der Waals surface area contributed by atoms with Gasteiger partial charge in [-0.1, -0.05) is 25.1 Å². The summed E-state index contributed by atoms with van der Waals surface area (Å²) in [4.78, 5) is 5.83. The van der Waals surface area contributed by atoms with Crippen LogP contribution in [-0.4, -0.2) is 52.1 Å². The number of aliphatic imine (C=N–C) groups is 1. The second-order valence-electron chi connectivity index (χ2n) is 5.41. The number of hydrogen-bond acceptors (Lipinski definition) is 4. The summed E-state index contributed by atoms with van der Waals surface area (Å²) in [5.41, 5.74) is 0. The third-order valence-electron chi connectivity index (χ3n) is 2.94. The van der Waals surface area contributed by atoms with Gasteiger partial charge in [0.2, 0.25) is 10.0 Å². The van der Waals surface area contributed by atoms with Crippen molar-refractivity contribution in [3.63, 3.8) is 0 Å². The molecular formula is C16H29IN4O2S2. The van der Waals surface area contributed by atoms with Crippen molar-refractivity contribution in [3.8, 4) is 0 Å². The molecule has 1 rings (SSSR count). The van der Waals surface area contributed by atoms with Crippen LogP contribution in [0.1, 0.15) is 20.3 Å². The lowest BCUT2D eigenvalue weighted by molar-refractivity contribution is 0.584. The maximum Gasteiger partial charge on any atom is 0.208 e. The average Bonchev–Trinajstić information content (AvgIpc) is 2.52. The van der Waals surface area contributed by atoms with E-state index in [1.54, 1.807) is 11.8 Å². The minimum absolute atomic E-state index is 0. The van der Waals surface area contributed by atoms with Gasteiger partial charge in [-0.05, 0) is 25.5 Å². The van der Waals surface area contributed by atoms with Gasteiger partial charge in [-0.3, -0.25) is 4.99 Å². The van der Waals surface area contributed by atoms with Crippen LogP contribution in [0.25, 0.3) is 0 Å². The van der Waals surface area contributed by atoms with Gasteiger partial charge in [-0.15, -0.1) is 35.7 Å². The van der Waals surface area contributed by atoms with Gasteiger partial charge in [-0.2, -0.15) is 0 Å². The van der Waals surface area contributed by atoms with Crippen molar-refractivity contribution in [1.82, 2.24) is 15.4 Å². The van der Waals surface area contributed by atoms with Crippen molar-refractivity contribution in [2.45, 2.75) is 30.4 Å². The van der Waals surface area contributed by atoms with Gasteiger partial charge in [0.05, 0.1) is 12.8 Å². The topological polar surface area (TPSA) is 82.6 Å². The normalized spacial score (nSPS) is 13.0. The van der Waals surface area contributed by atoms with Crippen molar-refractivity contribution in [3.05, 3.63) is 30.3 Å². The lowest BCUT2D eigenvalue weighted by atomic mass is 10.4. The number of rotatable bonds is 10. The SMILES string of the molecule is CCNC(=NCC(C)Sc1ccccc1)NCCCNS(C)(=O)=O.I. The summed E-state index contributed by atoms with van der Waals surface area (Å²) in [7, 11) is -3.11. The summed E-state index contributed by atoms with van der Waals surface area (Å²) >= 11 is 1.80. The largest absolute Gasteiger partial charge is 0.357 e. The quantitative estimate of drug-likeness (QED) is 0.151. The Morgan fingerprint density at radius 1 is 1.20 bits per heavy atom. The molecule has 0 aliphatic carbocycles. The zero-order valence-electron chi connectivity index (χ0n) is 15.0. The van der Waals surface area contributed by atoms with Crippen LogP contribution >= 0.6 is 35.7 Å². The zero-order valence-corrected chi connectivity index (χ0v) is 19.0. The standard InChI is InChI=1S/C16H28N4O2S2.HI/c1-4-17-16(18-11-8-12-20-24(3,21)22)19-13-14(2)23-15-9-6-5-7-10-15;/h5-7,9-10,14,20H,4,8,11-13H2,1-3H3,(H2,17,18,19);1H. The third-order valence-corrected chi connectivity index (χ3v) is 4.77. The highest BCUT2D eigenvalue weighted by Gasteiger charge is 2.05. The van der Waals surface area contributed by atoms with Gasteiger partial charge in [0, 0.05) is 29.8 Å². The number of nitrogens with one attached hydrogen (secondary N) is 3. The Morgan fingerprint density at radius 2 is 1.88 bits per heavy atom. The van der Waals surface area contributed by atoms with Gasteiger partial charge >= 0.3 is 0 Å². The number of halogens is 1. The van der Waals surface area contributed by atoms with Crippen molar-refractivity contribution in [1.29, 1.82) is 0 Å². The summed E-state index contributed by atoms with van der Waals surface area (Å²) in [6.07, 6.45) is 1.86. The Hall–Kier alpha value is -0.520. The predicted molar refractivity (Wildman–Crippen MR) is 119 cm³/mol. The monoisotopic (exact) mass is 500 g/mol. The first kappa shape index (κ1) is 24.5. The Labute approximate surface area is 173 Å². The van der Waals surface area contributed by atoms with E-state index < -0.39 is 10.0 Å². The predicted octanol–water partition coefficient (Wildman–Crippen LogP) is 2.28. The first-order valence-corrected chi connectivity index (χ1v) is 10.9. The molecule has 0 spiro atoms. The molecule has 6 nitrogen and oxygen atoms in total. The van der Waals surface area contributed by atoms with E-state index in [9.17, 15) is 8.42 Å². The summed E-state index contributed by atoms with van der Waals surface area (Å²) in [5.74, 6) is 0.761. The maximum atomic E-state index is 11.0. The minimum atomic E-state index is -3.11. The molecule has 1 aromatic rings. The Balaban J connectivity index is 0.00000576. The van der Waals surface area contributed by atoms with Gasteiger partial charge < -0.3 is 10.6 Å². The molecule has 3 N–H and O–H groups in total.